The topological polar surface area (TPSA) is 58.1 Å². The van der Waals surface area contributed by atoms with E-state index < -0.39 is 12.7 Å². The number of para-hydroxylation sites is 2. The Morgan fingerprint density at radius 1 is 1.22 bits per heavy atom. The van der Waals surface area contributed by atoms with Crippen LogP contribution in [0.25, 0.3) is 0 Å². The quantitative estimate of drug-likeness (QED) is 0.475. The van der Waals surface area contributed by atoms with Gasteiger partial charge < -0.3 is 20.1 Å². The molecule has 1 unspecified atom stereocenters. The van der Waals surface area contributed by atoms with Crippen molar-refractivity contribution in [3.05, 3.63) is 24.3 Å². The van der Waals surface area contributed by atoms with Crippen LogP contribution in [0.1, 0.15) is 13.8 Å². The molecule has 0 aliphatic rings. The highest BCUT2D eigenvalue weighted by Gasteiger charge is 2.28. The molecule has 27 heavy (non-hydrogen) atoms. The number of aliphatic imine (C=N–C) groups is 1. The van der Waals surface area contributed by atoms with E-state index >= 15 is 0 Å². The van der Waals surface area contributed by atoms with E-state index in [4.69, 9.17) is 9.47 Å². The minimum absolute atomic E-state index is 0.204. The summed E-state index contributed by atoms with van der Waals surface area (Å²) in [5.41, 5.74) is 0. The number of likely N-dealkylation sites (N-methyl/N-ethyl adjacent to an activating group) is 1. The Bertz CT molecular complexity index is 582. The van der Waals surface area contributed by atoms with E-state index in [1.54, 1.807) is 7.11 Å². The number of ether oxygens (including phenoxy) is 2. The summed E-state index contributed by atoms with van der Waals surface area (Å²) in [6, 6.07) is 7.35. The molecule has 2 N–H and O–H groups in total. The van der Waals surface area contributed by atoms with Gasteiger partial charge in [0.2, 0.25) is 0 Å². The first-order valence-corrected chi connectivity index (χ1v) is 8.82. The second-order valence-corrected chi connectivity index (χ2v) is 6.08. The third-order valence-electron chi connectivity index (χ3n) is 3.48. The Hall–Kier alpha value is -2.16. The van der Waals surface area contributed by atoms with Crippen LogP contribution in [0.4, 0.5) is 13.2 Å². The zero-order valence-electron chi connectivity index (χ0n) is 16.3. The van der Waals surface area contributed by atoms with E-state index in [1.165, 1.54) is 11.9 Å². The van der Waals surface area contributed by atoms with Gasteiger partial charge in [-0.1, -0.05) is 12.1 Å². The van der Waals surface area contributed by atoms with Crippen LogP contribution >= 0.6 is 0 Å². The Morgan fingerprint density at radius 3 is 2.48 bits per heavy atom. The fourth-order valence-corrected chi connectivity index (χ4v) is 2.28. The smallest absolute Gasteiger partial charge is 0.401 e. The maximum Gasteiger partial charge on any atom is 0.401 e. The molecule has 1 aromatic rings. The fraction of sp³-hybridized carbons (Fsp3) is 0.611. The number of hydrogen-bond acceptors (Lipinski definition) is 4. The number of rotatable bonds is 10. The molecule has 0 saturated carbocycles. The molecule has 0 aliphatic carbocycles. The maximum atomic E-state index is 12.3. The summed E-state index contributed by atoms with van der Waals surface area (Å²) in [7, 11) is 3.01. The zero-order valence-corrected chi connectivity index (χ0v) is 16.3. The Labute approximate surface area is 158 Å². The van der Waals surface area contributed by atoms with E-state index in [2.05, 4.69) is 15.6 Å². The van der Waals surface area contributed by atoms with Crippen molar-refractivity contribution in [2.45, 2.75) is 26.1 Å². The summed E-state index contributed by atoms with van der Waals surface area (Å²) in [6.45, 7) is 4.49. The maximum absolute atomic E-state index is 12.3. The molecule has 1 aromatic carbocycles. The van der Waals surface area contributed by atoms with Crippen molar-refractivity contribution >= 4 is 5.96 Å². The van der Waals surface area contributed by atoms with Crippen molar-refractivity contribution in [2.75, 3.05) is 46.9 Å². The van der Waals surface area contributed by atoms with Crippen molar-refractivity contribution < 1.29 is 22.6 Å². The van der Waals surface area contributed by atoms with E-state index in [9.17, 15) is 13.2 Å². The van der Waals surface area contributed by atoms with Crippen LogP contribution in [-0.2, 0) is 0 Å². The lowest BCUT2D eigenvalue weighted by Crippen LogP contribution is -2.42. The standard InChI is InChI=1S/C18H29F3N4O2/c1-5-22-17(23-10-11-25(3)13-18(19,20)21)24-12-14(2)27-16-9-7-6-8-15(16)26-4/h6-9,14H,5,10-13H2,1-4H3,(H2,22,23,24). The van der Waals surface area contributed by atoms with Gasteiger partial charge in [-0.3, -0.25) is 4.90 Å². The van der Waals surface area contributed by atoms with Gasteiger partial charge in [0.15, 0.2) is 17.5 Å². The largest absolute Gasteiger partial charge is 0.493 e. The number of benzene rings is 1. The van der Waals surface area contributed by atoms with Crippen LogP contribution < -0.4 is 20.1 Å². The summed E-state index contributed by atoms with van der Waals surface area (Å²) in [4.78, 5) is 5.64. The molecule has 0 saturated heterocycles. The highest BCUT2D eigenvalue weighted by atomic mass is 19.4. The molecule has 6 nitrogen and oxygen atoms in total. The van der Waals surface area contributed by atoms with E-state index in [1.807, 2.05) is 38.1 Å². The number of hydrogen-bond donors (Lipinski definition) is 2. The lowest BCUT2D eigenvalue weighted by molar-refractivity contribution is -0.142. The van der Waals surface area contributed by atoms with Gasteiger partial charge in [0, 0.05) is 19.6 Å². The van der Waals surface area contributed by atoms with Crippen molar-refractivity contribution in [3.8, 4) is 11.5 Å². The van der Waals surface area contributed by atoms with Crippen molar-refractivity contribution in [1.82, 2.24) is 15.5 Å². The summed E-state index contributed by atoms with van der Waals surface area (Å²) in [5, 5.41) is 6.09. The highest BCUT2D eigenvalue weighted by Crippen LogP contribution is 2.26. The molecule has 0 heterocycles. The first kappa shape index (κ1) is 22.9. The second kappa shape index (κ2) is 11.5. The molecule has 154 valence electrons. The van der Waals surface area contributed by atoms with Gasteiger partial charge in [0.1, 0.15) is 6.10 Å². The van der Waals surface area contributed by atoms with Crippen LogP contribution in [0.15, 0.2) is 29.3 Å². The predicted molar refractivity (Wildman–Crippen MR) is 101 cm³/mol. The van der Waals surface area contributed by atoms with Crippen molar-refractivity contribution in [3.63, 3.8) is 0 Å². The summed E-state index contributed by atoms with van der Waals surface area (Å²) in [6.07, 6.45) is -4.40. The third kappa shape index (κ3) is 9.93. The Morgan fingerprint density at radius 2 is 1.89 bits per heavy atom. The van der Waals surface area contributed by atoms with E-state index in [0.717, 1.165) is 0 Å². The van der Waals surface area contributed by atoms with E-state index in [-0.39, 0.29) is 12.6 Å². The first-order valence-electron chi connectivity index (χ1n) is 8.82. The minimum Gasteiger partial charge on any atom is -0.493 e. The van der Waals surface area contributed by atoms with Gasteiger partial charge >= 0.3 is 6.18 Å². The number of methoxy groups -OCH3 is 1. The monoisotopic (exact) mass is 390 g/mol. The second-order valence-electron chi connectivity index (χ2n) is 6.08. The van der Waals surface area contributed by atoms with Crippen molar-refractivity contribution in [1.29, 1.82) is 0 Å². The molecule has 0 amide bonds. The molecular formula is C18H29F3N4O2. The van der Waals surface area contributed by atoms with Gasteiger partial charge in [-0.15, -0.1) is 0 Å². The molecule has 0 bridgehead atoms. The highest BCUT2D eigenvalue weighted by molar-refractivity contribution is 5.79. The van der Waals surface area contributed by atoms with E-state index in [0.29, 0.717) is 37.1 Å². The predicted octanol–water partition coefficient (Wildman–Crippen LogP) is 2.51. The summed E-state index contributed by atoms with van der Waals surface area (Å²) < 4.78 is 48.1. The number of nitrogens with one attached hydrogen (secondary N) is 2. The SMILES string of the molecule is CCNC(=NCC(C)Oc1ccccc1OC)NCCN(C)CC(F)(F)F. The average molecular weight is 390 g/mol. The van der Waals surface area contributed by atoms with Crippen molar-refractivity contribution in [2.24, 2.45) is 4.99 Å². The van der Waals surface area contributed by atoms with Gasteiger partial charge in [-0.2, -0.15) is 13.2 Å². The number of halogens is 3. The summed E-state index contributed by atoms with van der Waals surface area (Å²) >= 11 is 0. The zero-order chi connectivity index (χ0) is 20.3. The molecule has 1 rings (SSSR count). The number of guanidine groups is 1. The van der Waals surface area contributed by atoms with Crippen LogP contribution in [0.5, 0.6) is 11.5 Å². The van der Waals surface area contributed by atoms with Crippen LogP contribution in [-0.4, -0.2) is 70.0 Å². The Kier molecular flexibility index (Phi) is 9.77. The molecule has 0 fully saturated rings. The molecule has 1 atom stereocenters. The molecule has 0 spiro atoms. The fourth-order valence-electron chi connectivity index (χ4n) is 2.28. The van der Waals surface area contributed by atoms with Crippen LogP contribution in [0.2, 0.25) is 0 Å². The Balaban J connectivity index is 2.50. The van der Waals surface area contributed by atoms with Gasteiger partial charge in [0.05, 0.1) is 20.2 Å². The lowest BCUT2D eigenvalue weighted by atomic mass is 10.3. The van der Waals surface area contributed by atoms with Crippen LogP contribution in [0, 0.1) is 0 Å². The number of alkyl halides is 3. The van der Waals surface area contributed by atoms with Gasteiger partial charge in [0.25, 0.3) is 0 Å². The molecule has 0 aliphatic heterocycles. The first-order chi connectivity index (χ1) is 12.7. The molecular weight excluding hydrogens is 361 g/mol. The lowest BCUT2D eigenvalue weighted by Gasteiger charge is -2.20. The van der Waals surface area contributed by atoms with Gasteiger partial charge in [-0.05, 0) is 33.0 Å². The normalized spacial score (nSPS) is 13.4. The van der Waals surface area contributed by atoms with Gasteiger partial charge in [-0.25, -0.2) is 4.99 Å². The molecule has 9 heteroatoms. The third-order valence-corrected chi connectivity index (χ3v) is 3.48. The average Bonchev–Trinajstić information content (AvgIpc) is 2.58. The van der Waals surface area contributed by atoms with Crippen LogP contribution in [0.3, 0.4) is 0 Å². The molecule has 0 radical (unpaired) electrons. The number of nitrogens with zero attached hydrogens (tertiary/aromatic N) is 2. The minimum atomic E-state index is -4.20. The molecule has 0 aromatic heterocycles. The summed E-state index contributed by atoms with van der Waals surface area (Å²) in [5.74, 6) is 1.81.